The fourth-order valence-corrected chi connectivity index (χ4v) is 1.60. The Balaban J connectivity index is 2.48. The van der Waals surface area contributed by atoms with Crippen molar-refractivity contribution in [1.82, 2.24) is 5.32 Å². The normalized spacial score (nSPS) is 9.33. The monoisotopic (exact) mass is 265 g/mol. The fourth-order valence-electron chi connectivity index (χ4n) is 1.13. The summed E-state index contributed by atoms with van der Waals surface area (Å²) >= 11 is 3.33. The minimum atomic E-state index is -0.0699. The third-order valence-electron chi connectivity index (χ3n) is 1.90. The Labute approximate surface area is 98.2 Å². The lowest BCUT2D eigenvalue weighted by Crippen LogP contribution is -2.24. The summed E-state index contributed by atoms with van der Waals surface area (Å²) in [6.45, 7) is 0.615. The van der Waals surface area contributed by atoms with Crippen LogP contribution in [0.2, 0.25) is 0 Å². The Morgan fingerprint density at radius 3 is 2.87 bits per heavy atom. The first-order valence-electron chi connectivity index (χ1n) is 4.72. The largest absolute Gasteiger partial charge is 0.352 e. The van der Waals surface area contributed by atoms with Crippen LogP contribution in [0.1, 0.15) is 23.2 Å². The van der Waals surface area contributed by atoms with Gasteiger partial charge >= 0.3 is 0 Å². The van der Waals surface area contributed by atoms with Gasteiger partial charge in [0.15, 0.2) is 0 Å². The highest BCUT2D eigenvalue weighted by Crippen LogP contribution is 2.15. The second-order valence-corrected chi connectivity index (χ2v) is 3.90. The van der Waals surface area contributed by atoms with Crippen LogP contribution in [0, 0.1) is 12.3 Å². The van der Waals surface area contributed by atoms with Crippen LogP contribution in [0.5, 0.6) is 0 Å². The average molecular weight is 266 g/mol. The minimum absolute atomic E-state index is 0.0699. The summed E-state index contributed by atoms with van der Waals surface area (Å²) in [5, 5.41) is 2.81. The van der Waals surface area contributed by atoms with Crippen LogP contribution in [-0.2, 0) is 0 Å². The van der Waals surface area contributed by atoms with Crippen molar-refractivity contribution in [1.29, 1.82) is 0 Å². The zero-order valence-corrected chi connectivity index (χ0v) is 9.88. The van der Waals surface area contributed by atoms with E-state index >= 15 is 0 Å². The third-order valence-corrected chi connectivity index (χ3v) is 2.59. The van der Waals surface area contributed by atoms with Gasteiger partial charge in [-0.1, -0.05) is 12.1 Å². The van der Waals surface area contributed by atoms with E-state index < -0.39 is 0 Å². The lowest BCUT2D eigenvalue weighted by atomic mass is 10.2. The van der Waals surface area contributed by atoms with Gasteiger partial charge in [0.25, 0.3) is 5.91 Å². The first-order chi connectivity index (χ1) is 7.25. The van der Waals surface area contributed by atoms with Crippen molar-refractivity contribution in [2.75, 3.05) is 6.54 Å². The number of hydrogen-bond acceptors (Lipinski definition) is 1. The summed E-state index contributed by atoms with van der Waals surface area (Å²) < 4.78 is 0.805. The maximum absolute atomic E-state index is 11.6. The molecule has 0 radical (unpaired) electrons. The summed E-state index contributed by atoms with van der Waals surface area (Å²) in [6.07, 6.45) is 6.61. The molecule has 0 aliphatic carbocycles. The molecule has 3 heteroatoms. The zero-order chi connectivity index (χ0) is 11.1. The van der Waals surface area contributed by atoms with Gasteiger partial charge < -0.3 is 5.32 Å². The number of halogens is 1. The molecule has 0 fully saturated rings. The Bertz CT molecular complexity index is 381. The van der Waals surface area contributed by atoms with Crippen molar-refractivity contribution in [2.24, 2.45) is 0 Å². The van der Waals surface area contributed by atoms with Gasteiger partial charge in [-0.15, -0.1) is 12.3 Å². The number of carbonyl (C=O) groups excluding carboxylic acids is 1. The zero-order valence-electron chi connectivity index (χ0n) is 8.29. The van der Waals surface area contributed by atoms with Gasteiger partial charge in [-0.25, -0.2) is 0 Å². The van der Waals surface area contributed by atoms with E-state index in [1.54, 1.807) is 6.07 Å². The van der Waals surface area contributed by atoms with E-state index in [4.69, 9.17) is 6.42 Å². The maximum Gasteiger partial charge on any atom is 0.252 e. The predicted octanol–water partition coefficient (Wildman–Crippen LogP) is 2.59. The summed E-state index contributed by atoms with van der Waals surface area (Å²) in [5.74, 6) is 2.46. The minimum Gasteiger partial charge on any atom is -0.352 e. The molecular weight excluding hydrogens is 254 g/mol. The van der Waals surface area contributed by atoms with Crippen LogP contribution in [0.15, 0.2) is 28.7 Å². The van der Waals surface area contributed by atoms with Gasteiger partial charge in [-0.05, 0) is 34.5 Å². The van der Waals surface area contributed by atoms with E-state index in [1.807, 2.05) is 18.2 Å². The van der Waals surface area contributed by atoms with Gasteiger partial charge in [0.1, 0.15) is 0 Å². The van der Waals surface area contributed by atoms with E-state index in [0.29, 0.717) is 18.5 Å². The molecular formula is C12H12BrNO. The van der Waals surface area contributed by atoms with Gasteiger partial charge in [0.2, 0.25) is 0 Å². The molecule has 15 heavy (non-hydrogen) atoms. The molecule has 0 saturated carbocycles. The lowest BCUT2D eigenvalue weighted by Gasteiger charge is -2.05. The fraction of sp³-hybridized carbons (Fsp3) is 0.250. The van der Waals surface area contributed by atoms with Gasteiger partial charge in [0, 0.05) is 17.4 Å². The molecule has 0 bridgehead atoms. The van der Waals surface area contributed by atoms with E-state index in [9.17, 15) is 4.79 Å². The highest BCUT2D eigenvalue weighted by atomic mass is 79.9. The van der Waals surface area contributed by atoms with Crippen LogP contribution in [0.3, 0.4) is 0 Å². The van der Waals surface area contributed by atoms with Crippen LogP contribution < -0.4 is 5.32 Å². The number of unbranched alkanes of at least 4 members (excludes halogenated alkanes) is 1. The smallest absolute Gasteiger partial charge is 0.252 e. The first-order valence-corrected chi connectivity index (χ1v) is 5.51. The maximum atomic E-state index is 11.6. The number of nitrogens with one attached hydrogen (secondary N) is 1. The quantitative estimate of drug-likeness (QED) is 0.658. The number of rotatable bonds is 4. The van der Waals surface area contributed by atoms with E-state index in [-0.39, 0.29) is 5.91 Å². The molecule has 0 aromatic heterocycles. The second kappa shape index (κ2) is 6.26. The number of benzene rings is 1. The average Bonchev–Trinajstić information content (AvgIpc) is 2.25. The Hall–Kier alpha value is -1.27. The van der Waals surface area contributed by atoms with Crippen LogP contribution in [-0.4, -0.2) is 12.5 Å². The van der Waals surface area contributed by atoms with E-state index in [2.05, 4.69) is 27.2 Å². The standard InChI is InChI=1S/C12H12BrNO/c1-2-3-6-9-14-12(15)10-7-4-5-8-11(10)13/h1,4-5,7-8H,3,6,9H2,(H,14,15). The molecule has 2 nitrogen and oxygen atoms in total. The molecule has 78 valence electrons. The van der Waals surface area contributed by atoms with E-state index in [0.717, 1.165) is 10.9 Å². The summed E-state index contributed by atoms with van der Waals surface area (Å²) in [6, 6.07) is 7.33. The number of terminal acetylenes is 1. The highest BCUT2D eigenvalue weighted by molar-refractivity contribution is 9.10. The number of carbonyl (C=O) groups is 1. The van der Waals surface area contributed by atoms with Crippen LogP contribution in [0.4, 0.5) is 0 Å². The third kappa shape index (κ3) is 3.77. The molecule has 0 heterocycles. The van der Waals surface area contributed by atoms with Gasteiger partial charge in [0.05, 0.1) is 5.56 Å². The van der Waals surface area contributed by atoms with Gasteiger partial charge in [-0.2, -0.15) is 0 Å². The van der Waals surface area contributed by atoms with Crippen LogP contribution >= 0.6 is 15.9 Å². The number of hydrogen-bond donors (Lipinski definition) is 1. The molecule has 0 aliphatic heterocycles. The Morgan fingerprint density at radius 2 is 2.20 bits per heavy atom. The molecule has 0 aliphatic rings. The summed E-state index contributed by atoms with van der Waals surface area (Å²) in [7, 11) is 0. The number of amides is 1. The highest BCUT2D eigenvalue weighted by Gasteiger charge is 2.07. The summed E-state index contributed by atoms with van der Waals surface area (Å²) in [5.41, 5.74) is 0.651. The molecule has 1 amide bonds. The molecule has 1 N–H and O–H groups in total. The van der Waals surface area contributed by atoms with Crippen molar-refractivity contribution < 1.29 is 4.79 Å². The van der Waals surface area contributed by atoms with E-state index in [1.165, 1.54) is 0 Å². The Kier molecular flexibility index (Phi) is 4.92. The first kappa shape index (κ1) is 11.8. The van der Waals surface area contributed by atoms with Crippen molar-refractivity contribution in [3.63, 3.8) is 0 Å². The molecule has 0 atom stereocenters. The van der Waals surface area contributed by atoms with Crippen molar-refractivity contribution in [2.45, 2.75) is 12.8 Å². The SMILES string of the molecule is C#CCCCNC(=O)c1ccccc1Br. The van der Waals surface area contributed by atoms with Crippen molar-refractivity contribution in [3.05, 3.63) is 34.3 Å². The molecule has 1 aromatic rings. The van der Waals surface area contributed by atoms with Gasteiger partial charge in [-0.3, -0.25) is 4.79 Å². The summed E-state index contributed by atoms with van der Waals surface area (Å²) in [4.78, 5) is 11.6. The molecule has 0 spiro atoms. The van der Waals surface area contributed by atoms with Crippen LogP contribution in [0.25, 0.3) is 0 Å². The lowest BCUT2D eigenvalue weighted by molar-refractivity contribution is 0.0952. The topological polar surface area (TPSA) is 29.1 Å². The van der Waals surface area contributed by atoms with Crippen molar-refractivity contribution in [3.8, 4) is 12.3 Å². The molecule has 1 aromatic carbocycles. The molecule has 0 saturated heterocycles. The van der Waals surface area contributed by atoms with Crippen molar-refractivity contribution >= 4 is 21.8 Å². The predicted molar refractivity (Wildman–Crippen MR) is 64.5 cm³/mol. The Morgan fingerprint density at radius 1 is 1.47 bits per heavy atom. The molecule has 1 rings (SSSR count). The second-order valence-electron chi connectivity index (χ2n) is 3.04. The molecule has 0 unspecified atom stereocenters.